The van der Waals surface area contributed by atoms with E-state index in [-0.39, 0.29) is 11.4 Å². The van der Waals surface area contributed by atoms with E-state index in [1.807, 2.05) is 37.2 Å². The SMILES string of the molecule is CN(C)C(=O)N1C[C@H]2CCC[C@@]2(COCc2ccccn2)C1. The largest absolute Gasteiger partial charge is 0.375 e. The Balaban J connectivity index is 1.60. The highest BCUT2D eigenvalue weighted by Crippen LogP contribution is 2.49. The van der Waals surface area contributed by atoms with E-state index in [1.165, 1.54) is 12.8 Å². The van der Waals surface area contributed by atoms with Gasteiger partial charge in [-0.15, -0.1) is 0 Å². The number of pyridine rings is 1. The first kappa shape index (κ1) is 15.3. The van der Waals surface area contributed by atoms with Crippen molar-refractivity contribution < 1.29 is 9.53 Å². The zero-order chi connectivity index (χ0) is 15.6. The van der Waals surface area contributed by atoms with Crippen molar-refractivity contribution in [2.75, 3.05) is 33.8 Å². The van der Waals surface area contributed by atoms with E-state index < -0.39 is 0 Å². The van der Waals surface area contributed by atoms with Gasteiger partial charge < -0.3 is 14.5 Å². The summed E-state index contributed by atoms with van der Waals surface area (Å²) in [5, 5.41) is 0. The van der Waals surface area contributed by atoms with Gasteiger partial charge in [-0.25, -0.2) is 4.79 Å². The molecular formula is C17H25N3O2. The molecule has 1 saturated heterocycles. The fourth-order valence-electron chi connectivity index (χ4n) is 3.92. The van der Waals surface area contributed by atoms with Crippen molar-refractivity contribution in [1.29, 1.82) is 0 Å². The zero-order valence-corrected chi connectivity index (χ0v) is 13.5. The first-order chi connectivity index (χ1) is 10.6. The van der Waals surface area contributed by atoms with Crippen LogP contribution >= 0.6 is 0 Å². The van der Waals surface area contributed by atoms with E-state index in [9.17, 15) is 4.79 Å². The summed E-state index contributed by atoms with van der Waals surface area (Å²) in [4.78, 5) is 20.2. The van der Waals surface area contributed by atoms with Crippen molar-refractivity contribution in [2.45, 2.75) is 25.9 Å². The molecule has 1 aliphatic heterocycles. The minimum atomic E-state index is 0.124. The number of carbonyl (C=O) groups is 1. The lowest BCUT2D eigenvalue weighted by Crippen LogP contribution is -2.40. The molecule has 3 rings (SSSR count). The van der Waals surface area contributed by atoms with Gasteiger partial charge in [0.1, 0.15) is 0 Å². The maximum Gasteiger partial charge on any atom is 0.319 e. The molecule has 1 aromatic rings. The summed E-state index contributed by atoms with van der Waals surface area (Å²) in [5.74, 6) is 0.583. The Morgan fingerprint density at radius 2 is 2.36 bits per heavy atom. The Labute approximate surface area is 132 Å². The molecule has 5 heteroatoms. The molecule has 0 radical (unpaired) electrons. The van der Waals surface area contributed by atoms with E-state index >= 15 is 0 Å². The van der Waals surface area contributed by atoms with Gasteiger partial charge in [-0.1, -0.05) is 12.5 Å². The molecule has 0 N–H and O–H groups in total. The molecule has 22 heavy (non-hydrogen) atoms. The predicted molar refractivity (Wildman–Crippen MR) is 84.3 cm³/mol. The number of nitrogens with zero attached hydrogens (tertiary/aromatic N) is 3. The van der Waals surface area contributed by atoms with Gasteiger partial charge in [0.05, 0.1) is 18.9 Å². The minimum absolute atomic E-state index is 0.124. The number of urea groups is 1. The van der Waals surface area contributed by atoms with E-state index in [0.717, 1.165) is 31.8 Å². The Morgan fingerprint density at radius 1 is 1.50 bits per heavy atom. The summed E-state index contributed by atoms with van der Waals surface area (Å²) in [6.07, 6.45) is 5.42. The average molecular weight is 303 g/mol. The standard InChI is InChI=1S/C17H25N3O2/c1-19(2)16(21)20-10-14-6-5-8-17(14,12-20)13-22-11-15-7-3-4-9-18-15/h3-4,7,9,14H,5-6,8,10-13H2,1-2H3/t14-,17+/m1/s1. The fraction of sp³-hybridized carbons (Fsp3) is 0.647. The molecule has 2 aliphatic rings. The molecule has 1 saturated carbocycles. The number of hydrogen-bond donors (Lipinski definition) is 0. The van der Waals surface area contributed by atoms with Crippen LogP contribution in [0.4, 0.5) is 4.79 Å². The number of ether oxygens (including phenoxy) is 1. The third-order valence-corrected chi connectivity index (χ3v) is 5.06. The smallest absolute Gasteiger partial charge is 0.319 e. The highest BCUT2D eigenvalue weighted by molar-refractivity contribution is 5.74. The number of rotatable bonds is 4. The molecule has 1 aliphatic carbocycles. The van der Waals surface area contributed by atoms with Crippen LogP contribution in [0, 0.1) is 11.3 Å². The summed E-state index contributed by atoms with van der Waals surface area (Å²) in [5.41, 5.74) is 1.12. The molecule has 2 fully saturated rings. The molecule has 2 amide bonds. The van der Waals surface area contributed by atoms with Crippen LogP contribution in [0.25, 0.3) is 0 Å². The van der Waals surface area contributed by atoms with Crippen LogP contribution in [-0.4, -0.2) is 54.6 Å². The quantitative estimate of drug-likeness (QED) is 0.858. The van der Waals surface area contributed by atoms with Crippen LogP contribution < -0.4 is 0 Å². The molecular weight excluding hydrogens is 278 g/mol. The molecule has 2 heterocycles. The highest BCUT2D eigenvalue weighted by atomic mass is 16.5. The molecule has 0 bridgehead atoms. The number of amides is 2. The van der Waals surface area contributed by atoms with Crippen molar-refractivity contribution in [3.8, 4) is 0 Å². The van der Waals surface area contributed by atoms with Gasteiger partial charge in [-0.2, -0.15) is 0 Å². The Hall–Kier alpha value is -1.62. The van der Waals surface area contributed by atoms with Crippen LogP contribution in [0.1, 0.15) is 25.0 Å². The topological polar surface area (TPSA) is 45.7 Å². The lowest BCUT2D eigenvalue weighted by Gasteiger charge is -2.29. The van der Waals surface area contributed by atoms with Crippen LogP contribution in [0.2, 0.25) is 0 Å². The normalized spacial score (nSPS) is 27.0. The Kier molecular flexibility index (Phi) is 4.34. The molecule has 0 aromatic carbocycles. The number of carbonyl (C=O) groups excluding carboxylic acids is 1. The molecule has 0 spiro atoms. The van der Waals surface area contributed by atoms with Gasteiger partial charge in [-0.05, 0) is 30.9 Å². The summed E-state index contributed by atoms with van der Waals surface area (Å²) in [6.45, 7) is 2.99. The maximum absolute atomic E-state index is 12.2. The Morgan fingerprint density at radius 3 is 3.09 bits per heavy atom. The minimum Gasteiger partial charge on any atom is -0.375 e. The second kappa shape index (κ2) is 6.24. The lowest BCUT2D eigenvalue weighted by atomic mass is 9.81. The van der Waals surface area contributed by atoms with Crippen molar-refractivity contribution in [3.05, 3.63) is 30.1 Å². The van der Waals surface area contributed by atoms with E-state index in [1.54, 1.807) is 11.1 Å². The van der Waals surface area contributed by atoms with E-state index in [4.69, 9.17) is 4.74 Å². The molecule has 5 nitrogen and oxygen atoms in total. The number of hydrogen-bond acceptors (Lipinski definition) is 3. The number of aromatic nitrogens is 1. The monoisotopic (exact) mass is 303 g/mol. The number of likely N-dealkylation sites (tertiary alicyclic amines) is 1. The van der Waals surface area contributed by atoms with Crippen molar-refractivity contribution in [3.63, 3.8) is 0 Å². The third kappa shape index (κ3) is 2.95. The first-order valence-corrected chi connectivity index (χ1v) is 8.05. The Bertz CT molecular complexity index is 520. The summed E-state index contributed by atoms with van der Waals surface area (Å²) >= 11 is 0. The number of fused-ring (bicyclic) bond motifs is 1. The second-order valence-corrected chi connectivity index (χ2v) is 6.82. The lowest BCUT2D eigenvalue weighted by molar-refractivity contribution is 0.0263. The molecule has 0 unspecified atom stereocenters. The first-order valence-electron chi connectivity index (χ1n) is 8.05. The van der Waals surface area contributed by atoms with Gasteiger partial charge in [-0.3, -0.25) is 4.98 Å². The van der Waals surface area contributed by atoms with Crippen molar-refractivity contribution in [1.82, 2.24) is 14.8 Å². The molecule has 1 aromatic heterocycles. The van der Waals surface area contributed by atoms with Gasteiger partial charge in [0.2, 0.25) is 0 Å². The molecule has 120 valence electrons. The average Bonchev–Trinajstić information content (AvgIpc) is 3.04. The van der Waals surface area contributed by atoms with Gasteiger partial charge in [0.15, 0.2) is 0 Å². The fourth-order valence-corrected chi connectivity index (χ4v) is 3.92. The van der Waals surface area contributed by atoms with Crippen LogP contribution in [-0.2, 0) is 11.3 Å². The van der Waals surface area contributed by atoms with E-state index in [0.29, 0.717) is 12.5 Å². The molecule has 2 atom stereocenters. The second-order valence-electron chi connectivity index (χ2n) is 6.82. The summed E-state index contributed by atoms with van der Waals surface area (Å²) < 4.78 is 5.98. The maximum atomic E-state index is 12.2. The van der Waals surface area contributed by atoms with Crippen molar-refractivity contribution in [2.24, 2.45) is 11.3 Å². The van der Waals surface area contributed by atoms with Crippen LogP contribution in [0.15, 0.2) is 24.4 Å². The summed E-state index contributed by atoms with van der Waals surface area (Å²) in [7, 11) is 3.64. The van der Waals surface area contributed by atoms with Crippen LogP contribution in [0.5, 0.6) is 0 Å². The van der Waals surface area contributed by atoms with Gasteiger partial charge in [0, 0.05) is 38.8 Å². The van der Waals surface area contributed by atoms with Crippen molar-refractivity contribution >= 4 is 6.03 Å². The predicted octanol–water partition coefficient (Wildman–Crippen LogP) is 2.38. The summed E-state index contributed by atoms with van der Waals surface area (Å²) in [6, 6.07) is 6.01. The van der Waals surface area contributed by atoms with Gasteiger partial charge in [0.25, 0.3) is 0 Å². The third-order valence-electron chi connectivity index (χ3n) is 5.06. The van der Waals surface area contributed by atoms with Gasteiger partial charge >= 0.3 is 6.03 Å². The van der Waals surface area contributed by atoms with E-state index in [2.05, 4.69) is 4.98 Å². The highest BCUT2D eigenvalue weighted by Gasteiger charge is 2.50. The zero-order valence-electron chi connectivity index (χ0n) is 13.5. The van der Waals surface area contributed by atoms with Crippen LogP contribution in [0.3, 0.4) is 0 Å².